The molecule has 8 heteroatoms. The fourth-order valence-corrected chi connectivity index (χ4v) is 0.768. The van der Waals surface area contributed by atoms with Gasteiger partial charge in [0, 0.05) is 0 Å². The monoisotopic (exact) mass is 236 g/mol. The van der Waals surface area contributed by atoms with Crippen LogP contribution in [-0.4, -0.2) is 70.8 Å². The van der Waals surface area contributed by atoms with E-state index in [4.69, 9.17) is 26.2 Å². The van der Waals surface area contributed by atoms with E-state index in [0.717, 1.165) is 6.54 Å². The number of carbonyl (C=O) groups excluding carboxylic acids is 1. The molecule has 6 N–H and O–H groups in total. The molecule has 0 spiro atoms. The van der Waals surface area contributed by atoms with Gasteiger partial charge in [0.05, 0.1) is 13.2 Å². The van der Waals surface area contributed by atoms with Gasteiger partial charge in [-0.1, -0.05) is 0 Å². The normalized spacial score (nSPS) is 19.6. The summed E-state index contributed by atoms with van der Waals surface area (Å²) in [5.41, 5.74) is 5.06. The lowest BCUT2D eigenvalue weighted by atomic mass is 10.1. The highest BCUT2D eigenvalue weighted by molar-refractivity contribution is 5.72. The first-order chi connectivity index (χ1) is 7.52. The maximum Gasteiger partial charge on any atom is 0.282 e. The molecule has 0 fully saturated rings. The zero-order chi connectivity index (χ0) is 12.6. The maximum atomic E-state index is 9.76. The summed E-state index contributed by atoms with van der Waals surface area (Å²) < 4.78 is 4.68. The predicted molar refractivity (Wildman–Crippen MR) is 53.6 cm³/mol. The van der Waals surface area contributed by atoms with Crippen molar-refractivity contribution >= 4 is 12.3 Å². The molecule has 1 aliphatic rings. The van der Waals surface area contributed by atoms with E-state index >= 15 is 0 Å². The topological polar surface area (TPSA) is 146 Å². The maximum absolute atomic E-state index is 9.76. The van der Waals surface area contributed by atoms with Crippen molar-refractivity contribution in [2.24, 2.45) is 10.7 Å². The molecule has 0 amide bonds. The molecule has 8 nitrogen and oxygen atoms in total. The van der Waals surface area contributed by atoms with E-state index in [0.29, 0.717) is 12.6 Å². The predicted octanol–water partition coefficient (Wildman–Crippen LogP) is -3.41. The summed E-state index contributed by atoms with van der Waals surface area (Å²) in [7, 11) is 0. The molecule has 0 saturated carbocycles. The summed E-state index contributed by atoms with van der Waals surface area (Å²) in [5, 5.41) is 34.1. The van der Waals surface area contributed by atoms with Crippen molar-refractivity contribution in [1.29, 1.82) is 0 Å². The molecule has 1 heterocycles. The number of aldehydes is 1. The average molecular weight is 236 g/mol. The number of aliphatic hydroxyl groups is 4. The third-order valence-corrected chi connectivity index (χ3v) is 1.68. The lowest BCUT2D eigenvalue weighted by Crippen LogP contribution is -2.40. The van der Waals surface area contributed by atoms with Crippen molar-refractivity contribution in [1.82, 2.24) is 0 Å². The first-order valence-corrected chi connectivity index (χ1v) is 4.56. The van der Waals surface area contributed by atoms with Gasteiger partial charge in [0.2, 0.25) is 0 Å². The van der Waals surface area contributed by atoms with E-state index in [1.165, 1.54) is 0 Å². The summed E-state index contributed by atoms with van der Waals surface area (Å²) in [6, 6.07) is 0.329. The number of ether oxygens (including phenoxy) is 1. The number of aliphatic hydroxyl groups excluding tert-OH is 4. The Morgan fingerprint density at radius 3 is 2.38 bits per heavy atom. The van der Waals surface area contributed by atoms with Gasteiger partial charge < -0.3 is 35.7 Å². The van der Waals surface area contributed by atoms with E-state index in [-0.39, 0.29) is 6.29 Å². The molecular formula is C8H16N2O6. The first-order valence-electron chi connectivity index (χ1n) is 4.56. The smallest absolute Gasteiger partial charge is 0.282 e. The molecule has 3 atom stereocenters. The van der Waals surface area contributed by atoms with E-state index in [1.54, 1.807) is 0 Å². The zero-order valence-corrected chi connectivity index (χ0v) is 8.56. The Morgan fingerprint density at radius 2 is 2.12 bits per heavy atom. The lowest BCUT2D eigenvalue weighted by molar-refractivity contribution is -0.127. The van der Waals surface area contributed by atoms with Gasteiger partial charge in [0.25, 0.3) is 6.02 Å². The van der Waals surface area contributed by atoms with Gasteiger partial charge in [-0.15, -0.1) is 0 Å². The molecule has 3 unspecified atom stereocenters. The molecule has 0 bridgehead atoms. The van der Waals surface area contributed by atoms with Crippen LogP contribution in [0.4, 0.5) is 0 Å². The number of nitrogens with zero attached hydrogens (tertiary/aromatic N) is 1. The van der Waals surface area contributed by atoms with Gasteiger partial charge in [-0.3, -0.25) is 0 Å². The second-order valence-electron chi connectivity index (χ2n) is 2.94. The van der Waals surface area contributed by atoms with E-state index < -0.39 is 24.9 Å². The molecule has 1 rings (SSSR count). The Bertz CT molecular complexity index is 235. The highest BCUT2D eigenvalue weighted by atomic mass is 16.5. The minimum atomic E-state index is -1.64. The van der Waals surface area contributed by atoms with Crippen LogP contribution in [0.5, 0.6) is 0 Å². The minimum absolute atomic E-state index is 0.0869. The zero-order valence-electron chi connectivity index (χ0n) is 8.56. The molecule has 16 heavy (non-hydrogen) atoms. The van der Waals surface area contributed by atoms with Crippen LogP contribution >= 0.6 is 0 Å². The Hall–Kier alpha value is -1.22. The van der Waals surface area contributed by atoms with Gasteiger partial charge in [-0.05, 0) is 0 Å². The van der Waals surface area contributed by atoms with Crippen LogP contribution < -0.4 is 5.73 Å². The van der Waals surface area contributed by atoms with E-state index in [1.807, 2.05) is 0 Å². The molecule has 0 aromatic heterocycles. The van der Waals surface area contributed by atoms with Crippen molar-refractivity contribution in [3.8, 4) is 0 Å². The van der Waals surface area contributed by atoms with Crippen molar-refractivity contribution in [3.63, 3.8) is 0 Å². The number of aliphatic imine (C=N–C) groups is 1. The fourth-order valence-electron chi connectivity index (χ4n) is 0.768. The van der Waals surface area contributed by atoms with Crippen LogP contribution in [0.25, 0.3) is 0 Å². The number of amidine groups is 1. The fraction of sp³-hybridized carbons (Fsp3) is 0.750. The van der Waals surface area contributed by atoms with Crippen molar-refractivity contribution in [2.75, 3.05) is 19.8 Å². The molecule has 0 aromatic carbocycles. The number of hydrogen-bond donors (Lipinski definition) is 5. The third-order valence-electron chi connectivity index (χ3n) is 1.68. The molecule has 94 valence electrons. The second kappa shape index (κ2) is 7.99. The summed E-state index contributed by atoms with van der Waals surface area (Å²) in [5.74, 6) is 0. The first kappa shape index (κ1) is 14.8. The van der Waals surface area contributed by atoms with Crippen molar-refractivity contribution in [3.05, 3.63) is 0 Å². The van der Waals surface area contributed by atoms with Crippen LogP contribution in [0.3, 0.4) is 0 Å². The molecule has 1 aliphatic heterocycles. The van der Waals surface area contributed by atoms with Crippen LogP contribution in [0.1, 0.15) is 0 Å². The molecular weight excluding hydrogens is 220 g/mol. The Balaban J connectivity index is 0.000000315. The highest BCUT2D eigenvalue weighted by Crippen LogP contribution is 1.96. The number of hydrogen-bond acceptors (Lipinski definition) is 8. The standard InChI is InChI=1S/C5H10O5.C3H6N2O/c6-1-3(8)5(10)4(9)2-7;4-3-5-1-2-6-3/h1,3-5,7-10H,2H2;1-2H2,(H2,4,5). The number of nitrogens with two attached hydrogens (primary N) is 1. The van der Waals surface area contributed by atoms with Gasteiger partial charge in [0.1, 0.15) is 24.9 Å². The summed E-state index contributed by atoms with van der Waals surface area (Å²) >= 11 is 0. The van der Waals surface area contributed by atoms with Gasteiger partial charge in [-0.25, -0.2) is 4.99 Å². The van der Waals surface area contributed by atoms with Gasteiger partial charge in [-0.2, -0.15) is 0 Å². The Morgan fingerprint density at radius 1 is 1.50 bits per heavy atom. The lowest BCUT2D eigenvalue weighted by Gasteiger charge is -2.16. The van der Waals surface area contributed by atoms with Crippen LogP contribution in [0.15, 0.2) is 4.99 Å². The summed E-state index contributed by atoms with van der Waals surface area (Å²) in [6.07, 6.45) is -4.63. The SMILES string of the molecule is NC1=NCCO1.O=CC(O)C(O)C(O)CO. The highest BCUT2D eigenvalue weighted by Gasteiger charge is 2.22. The van der Waals surface area contributed by atoms with Crippen LogP contribution in [-0.2, 0) is 9.53 Å². The molecule has 0 radical (unpaired) electrons. The van der Waals surface area contributed by atoms with E-state index in [9.17, 15) is 4.79 Å². The van der Waals surface area contributed by atoms with Gasteiger partial charge >= 0.3 is 0 Å². The number of carbonyl (C=O) groups is 1. The van der Waals surface area contributed by atoms with Crippen LogP contribution in [0, 0.1) is 0 Å². The Kier molecular flexibility index (Phi) is 7.38. The number of rotatable bonds is 4. The van der Waals surface area contributed by atoms with Crippen molar-refractivity contribution in [2.45, 2.75) is 18.3 Å². The molecule has 0 aromatic rings. The summed E-state index contributed by atoms with van der Waals surface area (Å²) in [6.45, 7) is 0.698. The largest absolute Gasteiger partial charge is 0.463 e. The average Bonchev–Trinajstić information content (AvgIpc) is 2.77. The third kappa shape index (κ3) is 5.61. The van der Waals surface area contributed by atoms with Gasteiger partial charge in [0.15, 0.2) is 6.29 Å². The minimum Gasteiger partial charge on any atom is -0.463 e. The van der Waals surface area contributed by atoms with Crippen LogP contribution in [0.2, 0.25) is 0 Å². The summed E-state index contributed by atoms with van der Waals surface area (Å²) in [4.78, 5) is 13.5. The molecule has 0 saturated heterocycles. The quantitative estimate of drug-likeness (QED) is 0.320. The molecule has 0 aliphatic carbocycles. The Labute approximate surface area is 92.0 Å². The second-order valence-corrected chi connectivity index (χ2v) is 2.94. The van der Waals surface area contributed by atoms with Crippen molar-refractivity contribution < 1.29 is 30.0 Å². The van der Waals surface area contributed by atoms with E-state index in [2.05, 4.69) is 9.73 Å².